The zero-order valence-corrected chi connectivity index (χ0v) is 30.8. The summed E-state index contributed by atoms with van der Waals surface area (Å²) in [6.45, 7) is 3.00. The average Bonchev–Trinajstić information content (AvgIpc) is 3.75. The highest BCUT2D eigenvalue weighted by molar-refractivity contribution is 7.91. The highest BCUT2D eigenvalue weighted by Crippen LogP contribution is 2.35. The molecule has 15 nitrogen and oxygen atoms in total. The van der Waals surface area contributed by atoms with Crippen LogP contribution in [0.25, 0.3) is 0 Å². The number of aromatic nitrogens is 3. The number of nitrogens with one attached hydrogen (secondary N) is 2. The standard InChI is InChI=1S/C33H43Cl2N7O8S/c1-32(2,48)26-17-37-40-42(26)21-16-25(30(46)39-33(27(43)28(36)44)10-12-51(49,50)13-11-33)41(18-21)31(47)24(14-19-6-4-3-5-7-19)38-29(45)20-8-9-22(34)23(35)15-20/h8-9,15,17,19,21,24-25,48H,3-7,10-14,16,18H2,1-2H3,(H2,36,44)(H,38,45)(H,39,46)/t21-,24?,25-/m0/s1. The van der Waals surface area contributed by atoms with E-state index in [2.05, 4.69) is 20.9 Å². The molecule has 3 heterocycles. The molecule has 2 aliphatic heterocycles. The van der Waals surface area contributed by atoms with Gasteiger partial charge in [-0.1, -0.05) is 60.5 Å². The molecule has 1 aliphatic carbocycles. The molecule has 5 rings (SSSR count). The van der Waals surface area contributed by atoms with E-state index in [0.717, 1.165) is 32.1 Å². The number of amides is 4. The summed E-state index contributed by atoms with van der Waals surface area (Å²) in [4.78, 5) is 69.1. The molecule has 0 spiro atoms. The summed E-state index contributed by atoms with van der Waals surface area (Å²) in [5.74, 6) is -5.22. The molecule has 51 heavy (non-hydrogen) atoms. The number of benzene rings is 1. The van der Waals surface area contributed by atoms with Crippen molar-refractivity contribution in [1.82, 2.24) is 30.5 Å². The van der Waals surface area contributed by atoms with E-state index in [0.29, 0.717) is 12.1 Å². The molecule has 3 fully saturated rings. The number of aliphatic hydroxyl groups is 1. The summed E-state index contributed by atoms with van der Waals surface area (Å²) in [6.07, 6.45) is 5.61. The van der Waals surface area contributed by atoms with Gasteiger partial charge in [0.2, 0.25) is 17.6 Å². The Labute approximate surface area is 305 Å². The lowest BCUT2D eigenvalue weighted by Gasteiger charge is -2.37. The molecule has 5 N–H and O–H groups in total. The van der Waals surface area contributed by atoms with E-state index in [4.69, 9.17) is 28.9 Å². The Morgan fingerprint density at radius 3 is 2.35 bits per heavy atom. The first-order valence-electron chi connectivity index (χ1n) is 17.0. The summed E-state index contributed by atoms with van der Waals surface area (Å²) >= 11 is 12.2. The van der Waals surface area contributed by atoms with Crippen LogP contribution in [0.4, 0.5) is 0 Å². The van der Waals surface area contributed by atoms with E-state index in [1.54, 1.807) is 13.8 Å². The number of likely N-dealkylation sites (tertiary alicyclic amines) is 1. The second kappa shape index (κ2) is 15.2. The maximum atomic E-state index is 14.7. The number of nitrogens with two attached hydrogens (primary N) is 1. The minimum Gasteiger partial charge on any atom is -0.384 e. The molecule has 278 valence electrons. The summed E-state index contributed by atoms with van der Waals surface area (Å²) in [5.41, 5.74) is 2.58. The van der Waals surface area contributed by atoms with Gasteiger partial charge in [0.05, 0.1) is 39.5 Å². The van der Waals surface area contributed by atoms with Crippen LogP contribution in [0.1, 0.15) is 93.7 Å². The van der Waals surface area contributed by atoms with Crippen molar-refractivity contribution in [3.63, 3.8) is 0 Å². The molecule has 3 atom stereocenters. The van der Waals surface area contributed by atoms with Gasteiger partial charge in [0.15, 0.2) is 9.84 Å². The van der Waals surface area contributed by atoms with Gasteiger partial charge < -0.3 is 26.4 Å². The summed E-state index contributed by atoms with van der Waals surface area (Å²) in [7, 11) is -3.53. The lowest BCUT2D eigenvalue weighted by Crippen LogP contribution is -2.64. The molecule has 4 amide bonds. The molecule has 1 saturated carbocycles. The number of carbonyl (C=O) groups is 5. The Hall–Kier alpha value is -3.60. The lowest BCUT2D eigenvalue weighted by atomic mass is 9.84. The number of rotatable bonds is 11. The summed E-state index contributed by atoms with van der Waals surface area (Å²) in [5, 5.41) is 24.8. The van der Waals surface area contributed by atoms with Gasteiger partial charge >= 0.3 is 0 Å². The Morgan fingerprint density at radius 1 is 1.08 bits per heavy atom. The number of halogens is 2. The average molecular weight is 769 g/mol. The van der Waals surface area contributed by atoms with Crippen LogP contribution >= 0.6 is 23.2 Å². The van der Waals surface area contributed by atoms with Crippen molar-refractivity contribution in [3.8, 4) is 0 Å². The summed E-state index contributed by atoms with van der Waals surface area (Å²) < 4.78 is 26.0. The van der Waals surface area contributed by atoms with E-state index in [1.165, 1.54) is 34.0 Å². The predicted octanol–water partition coefficient (Wildman–Crippen LogP) is 1.84. The molecule has 1 aromatic heterocycles. The van der Waals surface area contributed by atoms with Gasteiger partial charge in [-0.3, -0.25) is 24.0 Å². The Bertz CT molecular complexity index is 1790. The maximum absolute atomic E-state index is 14.7. The first-order chi connectivity index (χ1) is 23.9. The molecule has 1 aromatic carbocycles. The zero-order chi connectivity index (χ0) is 37.3. The van der Waals surface area contributed by atoms with Crippen molar-refractivity contribution in [1.29, 1.82) is 0 Å². The van der Waals surface area contributed by atoms with Crippen molar-refractivity contribution >= 4 is 62.5 Å². The number of hydrogen-bond donors (Lipinski definition) is 4. The number of nitrogens with zero attached hydrogens (tertiary/aromatic N) is 4. The van der Waals surface area contributed by atoms with Gasteiger partial charge in [-0.25, -0.2) is 13.1 Å². The molecule has 0 bridgehead atoms. The molecule has 2 aromatic rings. The van der Waals surface area contributed by atoms with Crippen LogP contribution in [0.5, 0.6) is 0 Å². The minimum atomic E-state index is -3.53. The van der Waals surface area contributed by atoms with Gasteiger partial charge in [-0.2, -0.15) is 0 Å². The quantitative estimate of drug-likeness (QED) is 0.243. The third kappa shape index (κ3) is 8.72. The summed E-state index contributed by atoms with van der Waals surface area (Å²) in [6, 6.07) is 1.34. The van der Waals surface area contributed by atoms with E-state index in [9.17, 15) is 37.5 Å². The van der Waals surface area contributed by atoms with Crippen LogP contribution in [0.15, 0.2) is 24.4 Å². The van der Waals surface area contributed by atoms with Crippen molar-refractivity contribution in [2.75, 3.05) is 18.1 Å². The van der Waals surface area contributed by atoms with Crippen molar-refractivity contribution < 1.29 is 37.5 Å². The molecule has 2 saturated heterocycles. The SMILES string of the molecule is CC(C)(O)c1cnnn1[C@H]1C[C@@H](C(=O)NC2(C(=O)C(N)=O)CCS(=O)(=O)CC2)N(C(=O)C(CC2CCCCC2)NC(=O)c2ccc(Cl)c(Cl)c2)C1. The van der Waals surface area contributed by atoms with Crippen LogP contribution in [0.3, 0.4) is 0 Å². The number of sulfone groups is 1. The smallest absolute Gasteiger partial charge is 0.287 e. The molecular formula is C33H43Cl2N7O8S. The Morgan fingerprint density at radius 2 is 1.75 bits per heavy atom. The first kappa shape index (κ1) is 38.6. The maximum Gasteiger partial charge on any atom is 0.287 e. The number of carbonyl (C=O) groups excluding carboxylic acids is 5. The Kier molecular flexibility index (Phi) is 11.5. The van der Waals surface area contributed by atoms with Crippen molar-refractivity contribution in [2.45, 2.75) is 101 Å². The zero-order valence-electron chi connectivity index (χ0n) is 28.4. The minimum absolute atomic E-state index is 0.0416. The highest BCUT2D eigenvalue weighted by atomic mass is 35.5. The molecule has 1 unspecified atom stereocenters. The largest absolute Gasteiger partial charge is 0.384 e. The van der Waals surface area contributed by atoms with Crippen molar-refractivity contribution in [2.24, 2.45) is 11.7 Å². The van der Waals surface area contributed by atoms with Gasteiger partial charge in [-0.15, -0.1) is 5.10 Å². The highest BCUT2D eigenvalue weighted by Gasteiger charge is 2.50. The van der Waals surface area contributed by atoms with Gasteiger partial charge in [-0.05, 0) is 57.2 Å². The lowest BCUT2D eigenvalue weighted by molar-refractivity contribution is -0.145. The van der Waals surface area contributed by atoms with Crippen LogP contribution in [-0.2, 0) is 34.6 Å². The predicted molar refractivity (Wildman–Crippen MR) is 186 cm³/mol. The normalized spacial score (nSPS) is 22.6. The topological polar surface area (TPSA) is 224 Å². The van der Waals surface area contributed by atoms with Gasteiger partial charge in [0.25, 0.3) is 11.8 Å². The van der Waals surface area contributed by atoms with Gasteiger partial charge in [0, 0.05) is 18.5 Å². The second-order valence-electron chi connectivity index (χ2n) is 14.3. The number of primary amides is 1. The number of Topliss-reactive ketones (excluding diaryl/α,β-unsaturated/α-hetero) is 1. The first-order valence-corrected chi connectivity index (χ1v) is 19.5. The molecular weight excluding hydrogens is 725 g/mol. The number of hydrogen-bond acceptors (Lipinski definition) is 10. The fourth-order valence-electron chi connectivity index (χ4n) is 7.34. The van der Waals surface area contributed by atoms with Crippen LogP contribution in [0, 0.1) is 5.92 Å². The van der Waals surface area contributed by atoms with Crippen LogP contribution in [-0.4, -0.2) is 98.5 Å². The third-order valence-corrected chi connectivity index (χ3v) is 12.6. The molecule has 0 radical (unpaired) electrons. The van der Waals surface area contributed by atoms with Crippen LogP contribution in [0.2, 0.25) is 10.0 Å². The second-order valence-corrected chi connectivity index (χ2v) is 17.4. The van der Waals surface area contributed by atoms with E-state index in [1.807, 2.05) is 0 Å². The molecule has 3 aliphatic rings. The van der Waals surface area contributed by atoms with Crippen LogP contribution < -0.4 is 16.4 Å². The molecule has 18 heteroatoms. The van der Waals surface area contributed by atoms with Gasteiger partial charge in [0.1, 0.15) is 23.2 Å². The van der Waals surface area contributed by atoms with E-state index >= 15 is 0 Å². The third-order valence-electron chi connectivity index (χ3n) is 10.2. The van der Waals surface area contributed by atoms with E-state index in [-0.39, 0.29) is 47.3 Å². The number of ketones is 1. The Balaban J connectivity index is 1.50. The monoisotopic (exact) mass is 767 g/mol. The fraction of sp³-hybridized carbons (Fsp3) is 0.606. The fourth-order valence-corrected chi connectivity index (χ4v) is 9.16. The van der Waals surface area contributed by atoms with Crippen molar-refractivity contribution in [3.05, 3.63) is 45.7 Å². The van der Waals surface area contributed by atoms with E-state index < -0.39 is 80.0 Å².